The molecule has 1 aliphatic carbocycles. The molecule has 5 atom stereocenters. The summed E-state index contributed by atoms with van der Waals surface area (Å²) in [4.78, 5) is 6.80. The molecule has 0 unspecified atom stereocenters. The molecule has 186 valence electrons. The maximum Gasteiger partial charge on any atom is 0.181 e. The Labute approximate surface area is 216 Å². The van der Waals surface area contributed by atoms with Gasteiger partial charge in [0.05, 0.1) is 22.8 Å². The SMILES string of the molecule is CCCN(CC)C[C@H]1[C@@H](O)[C@@]2(O)c3ncc(Cl)cc3O[C@@]2(c2ccc(C#N)cc2)[C@@H]1c1ccccc1. The van der Waals surface area contributed by atoms with Gasteiger partial charge in [0, 0.05) is 30.6 Å². The third-order valence-corrected chi connectivity index (χ3v) is 7.98. The molecule has 1 saturated carbocycles. The molecule has 2 N–H and O–H groups in total. The summed E-state index contributed by atoms with van der Waals surface area (Å²) in [6, 6.07) is 20.8. The Morgan fingerprint density at radius 2 is 1.86 bits per heavy atom. The van der Waals surface area contributed by atoms with Gasteiger partial charge in [-0.15, -0.1) is 0 Å². The van der Waals surface area contributed by atoms with Crippen LogP contribution < -0.4 is 4.74 Å². The molecule has 0 spiro atoms. The summed E-state index contributed by atoms with van der Waals surface area (Å²) in [5, 5.41) is 34.4. The topological polar surface area (TPSA) is 89.6 Å². The highest BCUT2D eigenvalue weighted by Gasteiger charge is 2.76. The van der Waals surface area contributed by atoms with Crippen molar-refractivity contribution in [3.05, 3.63) is 94.3 Å². The minimum atomic E-state index is -1.84. The van der Waals surface area contributed by atoms with Gasteiger partial charge in [-0.25, -0.2) is 0 Å². The van der Waals surface area contributed by atoms with Crippen LogP contribution in [0.15, 0.2) is 66.9 Å². The Morgan fingerprint density at radius 3 is 2.50 bits per heavy atom. The van der Waals surface area contributed by atoms with Crippen molar-refractivity contribution < 1.29 is 14.9 Å². The predicted molar refractivity (Wildman–Crippen MR) is 138 cm³/mol. The number of aromatic nitrogens is 1. The van der Waals surface area contributed by atoms with Crippen LogP contribution in [0, 0.1) is 17.2 Å². The van der Waals surface area contributed by atoms with Crippen molar-refractivity contribution in [1.29, 1.82) is 5.26 Å². The second-order valence-corrected chi connectivity index (χ2v) is 10.1. The fraction of sp³-hybridized carbons (Fsp3) is 0.379. The molecule has 7 heteroatoms. The van der Waals surface area contributed by atoms with Gasteiger partial charge in [0.1, 0.15) is 11.4 Å². The maximum atomic E-state index is 12.6. The van der Waals surface area contributed by atoms with Crippen LogP contribution in [0.3, 0.4) is 0 Å². The molecule has 3 aromatic rings. The number of fused-ring (bicyclic) bond motifs is 3. The number of benzene rings is 2. The van der Waals surface area contributed by atoms with Crippen molar-refractivity contribution in [2.45, 2.75) is 43.5 Å². The molecule has 0 bridgehead atoms. The van der Waals surface area contributed by atoms with Crippen LogP contribution in [-0.2, 0) is 11.2 Å². The number of pyridine rings is 1. The summed E-state index contributed by atoms with van der Waals surface area (Å²) < 4.78 is 6.75. The lowest BCUT2D eigenvalue weighted by molar-refractivity contribution is -0.153. The lowest BCUT2D eigenvalue weighted by Crippen LogP contribution is -2.52. The van der Waals surface area contributed by atoms with Crippen molar-refractivity contribution in [2.75, 3.05) is 19.6 Å². The van der Waals surface area contributed by atoms with E-state index >= 15 is 0 Å². The van der Waals surface area contributed by atoms with Gasteiger partial charge < -0.3 is 19.8 Å². The van der Waals surface area contributed by atoms with E-state index in [9.17, 15) is 15.5 Å². The minimum absolute atomic E-state index is 0.283. The number of hydrogen-bond acceptors (Lipinski definition) is 6. The predicted octanol–water partition coefficient (Wildman–Crippen LogP) is 4.59. The molecule has 1 aliphatic heterocycles. The van der Waals surface area contributed by atoms with Crippen LogP contribution in [0.2, 0.25) is 5.02 Å². The van der Waals surface area contributed by atoms with E-state index in [-0.39, 0.29) is 11.6 Å². The van der Waals surface area contributed by atoms with E-state index in [2.05, 4.69) is 29.8 Å². The summed E-state index contributed by atoms with van der Waals surface area (Å²) in [5.74, 6) is -0.413. The summed E-state index contributed by atoms with van der Waals surface area (Å²) in [6.07, 6.45) is 1.29. The van der Waals surface area contributed by atoms with Crippen LogP contribution in [-0.4, -0.2) is 45.8 Å². The number of rotatable bonds is 7. The summed E-state index contributed by atoms with van der Waals surface area (Å²) >= 11 is 6.27. The molecule has 0 radical (unpaired) electrons. The molecule has 0 saturated heterocycles. The molecule has 36 heavy (non-hydrogen) atoms. The first-order valence-corrected chi connectivity index (χ1v) is 12.8. The second-order valence-electron chi connectivity index (χ2n) is 9.68. The van der Waals surface area contributed by atoms with Crippen molar-refractivity contribution in [3.63, 3.8) is 0 Å². The molecule has 5 rings (SSSR count). The van der Waals surface area contributed by atoms with E-state index in [1.807, 2.05) is 42.5 Å². The molecule has 0 amide bonds. The summed E-state index contributed by atoms with van der Waals surface area (Å²) in [7, 11) is 0. The molecular formula is C29H30ClN3O3. The standard InChI is InChI=1S/C29H30ClN3O3/c1-3-14-33(4-2)18-23-25(20-8-6-5-7-9-20)29(21-12-10-19(16-31)11-13-21)28(35,27(23)34)26-24(36-29)15-22(30)17-32-26/h5-13,15,17,23,25,27,34-35H,3-4,14,18H2,1-2H3/t23-,25-,27-,28+,29+/m1/s1. The van der Waals surface area contributed by atoms with Crippen LogP contribution in [0.4, 0.5) is 0 Å². The normalized spacial score (nSPS) is 28.4. The highest BCUT2D eigenvalue weighted by molar-refractivity contribution is 6.30. The van der Waals surface area contributed by atoms with Gasteiger partial charge in [-0.3, -0.25) is 4.98 Å². The Kier molecular flexibility index (Phi) is 6.52. The Balaban J connectivity index is 1.78. The molecule has 2 heterocycles. The lowest BCUT2D eigenvalue weighted by atomic mass is 9.71. The average molecular weight is 504 g/mol. The van der Waals surface area contributed by atoms with E-state index < -0.39 is 23.2 Å². The van der Waals surface area contributed by atoms with Crippen LogP contribution >= 0.6 is 11.6 Å². The Morgan fingerprint density at radius 1 is 1.14 bits per heavy atom. The molecule has 6 nitrogen and oxygen atoms in total. The monoisotopic (exact) mass is 503 g/mol. The average Bonchev–Trinajstić information content (AvgIpc) is 3.26. The van der Waals surface area contributed by atoms with Gasteiger partial charge in [-0.2, -0.15) is 5.26 Å². The van der Waals surface area contributed by atoms with Crippen LogP contribution in [0.1, 0.15) is 48.6 Å². The third kappa shape index (κ3) is 3.54. The van der Waals surface area contributed by atoms with Gasteiger partial charge in [-0.05, 0) is 42.8 Å². The van der Waals surface area contributed by atoms with Gasteiger partial charge in [0.2, 0.25) is 0 Å². The van der Waals surface area contributed by atoms with E-state index in [4.69, 9.17) is 16.3 Å². The Hall–Kier alpha value is -2.95. The molecule has 2 aromatic carbocycles. The second kappa shape index (κ2) is 9.49. The lowest BCUT2D eigenvalue weighted by Gasteiger charge is -2.40. The number of halogens is 1. The number of nitriles is 1. The number of ether oxygens (including phenoxy) is 1. The fourth-order valence-electron chi connectivity index (χ4n) is 6.26. The van der Waals surface area contributed by atoms with E-state index in [0.29, 0.717) is 28.4 Å². The van der Waals surface area contributed by atoms with Crippen molar-refractivity contribution in [1.82, 2.24) is 9.88 Å². The highest BCUT2D eigenvalue weighted by Crippen LogP contribution is 2.68. The molecule has 1 fully saturated rings. The van der Waals surface area contributed by atoms with Crippen LogP contribution in [0.5, 0.6) is 5.75 Å². The first-order chi connectivity index (χ1) is 17.4. The van der Waals surface area contributed by atoms with Crippen molar-refractivity contribution in [3.8, 4) is 11.8 Å². The zero-order chi connectivity index (χ0) is 25.5. The number of hydrogen-bond donors (Lipinski definition) is 2. The smallest absolute Gasteiger partial charge is 0.181 e. The van der Waals surface area contributed by atoms with Crippen LogP contribution in [0.25, 0.3) is 0 Å². The molecule has 1 aromatic heterocycles. The number of nitrogens with zero attached hydrogens (tertiary/aromatic N) is 3. The van der Waals surface area contributed by atoms with Gasteiger partial charge in [0.15, 0.2) is 11.2 Å². The first-order valence-electron chi connectivity index (χ1n) is 12.4. The third-order valence-electron chi connectivity index (χ3n) is 7.77. The number of aliphatic hydroxyl groups is 2. The fourth-order valence-corrected chi connectivity index (χ4v) is 6.40. The molecule has 2 aliphatic rings. The maximum absolute atomic E-state index is 12.6. The first kappa shape index (κ1) is 24.7. The number of aliphatic hydroxyl groups excluding tert-OH is 1. The van der Waals surface area contributed by atoms with Gasteiger partial charge in [0.25, 0.3) is 0 Å². The quantitative estimate of drug-likeness (QED) is 0.490. The van der Waals surface area contributed by atoms with Crippen molar-refractivity contribution in [2.24, 2.45) is 5.92 Å². The minimum Gasteiger partial charge on any atom is -0.476 e. The van der Waals surface area contributed by atoms with E-state index in [0.717, 1.165) is 25.1 Å². The van der Waals surface area contributed by atoms with E-state index in [1.54, 1.807) is 18.2 Å². The Bertz CT molecular complexity index is 1280. The van der Waals surface area contributed by atoms with Gasteiger partial charge >= 0.3 is 0 Å². The van der Waals surface area contributed by atoms with Gasteiger partial charge in [-0.1, -0.05) is 67.9 Å². The summed E-state index contributed by atoms with van der Waals surface area (Å²) in [6.45, 7) is 6.53. The highest BCUT2D eigenvalue weighted by atomic mass is 35.5. The largest absolute Gasteiger partial charge is 0.476 e. The summed E-state index contributed by atoms with van der Waals surface area (Å²) in [5.41, 5.74) is -0.802. The van der Waals surface area contributed by atoms with E-state index in [1.165, 1.54) is 6.20 Å². The zero-order valence-electron chi connectivity index (χ0n) is 20.4. The van der Waals surface area contributed by atoms with Crippen molar-refractivity contribution >= 4 is 11.6 Å². The molecular weight excluding hydrogens is 474 g/mol. The zero-order valence-corrected chi connectivity index (χ0v) is 21.2.